The number of aryl methyl sites for hydroxylation is 4. The summed E-state index contributed by atoms with van der Waals surface area (Å²) >= 11 is 0. The predicted octanol–water partition coefficient (Wildman–Crippen LogP) is 8.31. The van der Waals surface area contributed by atoms with Crippen LogP contribution in [0.25, 0.3) is 6.08 Å². The molecular formula is C39H45NO3. The normalized spacial score (nSPS) is 14.4. The van der Waals surface area contributed by atoms with Crippen LogP contribution in [0.1, 0.15) is 64.5 Å². The van der Waals surface area contributed by atoms with E-state index < -0.39 is 24.1 Å². The molecule has 4 rings (SSSR count). The van der Waals surface area contributed by atoms with E-state index in [1.807, 2.05) is 66.7 Å². The second-order valence-electron chi connectivity index (χ2n) is 11.8. The lowest BCUT2D eigenvalue weighted by molar-refractivity contribution is -0.160. The van der Waals surface area contributed by atoms with E-state index in [4.69, 9.17) is 4.74 Å². The second kappa shape index (κ2) is 15.0. The molecule has 0 saturated carbocycles. The molecule has 1 N–H and O–H groups in total. The molecule has 0 bridgehead atoms. The zero-order valence-corrected chi connectivity index (χ0v) is 26.3. The van der Waals surface area contributed by atoms with E-state index in [0.29, 0.717) is 13.1 Å². The molecule has 0 fully saturated rings. The van der Waals surface area contributed by atoms with Gasteiger partial charge < -0.3 is 9.84 Å². The molecule has 0 amide bonds. The third-order valence-corrected chi connectivity index (χ3v) is 8.39. The quantitative estimate of drug-likeness (QED) is 0.173. The van der Waals surface area contributed by atoms with Crippen LogP contribution < -0.4 is 0 Å². The fourth-order valence-corrected chi connectivity index (χ4v) is 5.60. The Labute approximate surface area is 257 Å². The number of carbonyl (C=O) groups excluding carboxylic acids is 1. The van der Waals surface area contributed by atoms with Gasteiger partial charge in [-0.3, -0.25) is 9.69 Å². The molecule has 43 heavy (non-hydrogen) atoms. The van der Waals surface area contributed by atoms with Crippen LogP contribution >= 0.6 is 0 Å². The summed E-state index contributed by atoms with van der Waals surface area (Å²) in [6, 6.07) is 32.5. The van der Waals surface area contributed by atoms with E-state index in [0.717, 1.165) is 11.1 Å². The highest BCUT2D eigenvalue weighted by molar-refractivity contribution is 5.73. The Morgan fingerprint density at radius 2 is 1.37 bits per heavy atom. The van der Waals surface area contributed by atoms with Gasteiger partial charge in [0.25, 0.3) is 0 Å². The highest BCUT2D eigenvalue weighted by atomic mass is 16.5. The van der Waals surface area contributed by atoms with Gasteiger partial charge in [0.15, 0.2) is 0 Å². The van der Waals surface area contributed by atoms with E-state index in [2.05, 4.69) is 75.9 Å². The smallest absolute Gasteiger partial charge is 0.312 e. The minimum Gasteiger partial charge on any atom is -0.456 e. The van der Waals surface area contributed by atoms with Crippen LogP contribution in [-0.2, 0) is 22.6 Å². The molecule has 0 radical (unpaired) electrons. The molecule has 0 heterocycles. The molecule has 4 atom stereocenters. The summed E-state index contributed by atoms with van der Waals surface area (Å²) in [5, 5.41) is 10.9. The number of aliphatic hydroxyl groups is 1. The zero-order valence-electron chi connectivity index (χ0n) is 26.3. The molecule has 4 heteroatoms. The van der Waals surface area contributed by atoms with Crippen LogP contribution in [-0.4, -0.2) is 28.1 Å². The number of hydrogen-bond acceptors (Lipinski definition) is 4. The molecule has 0 unspecified atom stereocenters. The van der Waals surface area contributed by atoms with Crippen molar-refractivity contribution in [3.05, 3.63) is 148 Å². The average Bonchev–Trinajstić information content (AvgIpc) is 3.00. The van der Waals surface area contributed by atoms with Gasteiger partial charge >= 0.3 is 5.97 Å². The fraction of sp³-hybridized carbons (Fsp3) is 0.308. The Morgan fingerprint density at radius 1 is 0.791 bits per heavy atom. The van der Waals surface area contributed by atoms with E-state index >= 15 is 0 Å². The summed E-state index contributed by atoms with van der Waals surface area (Å²) in [6.45, 7) is 13.9. The molecule has 4 aromatic carbocycles. The Kier molecular flexibility index (Phi) is 11.1. The van der Waals surface area contributed by atoms with Crippen molar-refractivity contribution in [2.24, 2.45) is 5.92 Å². The lowest BCUT2D eigenvalue weighted by Crippen LogP contribution is -2.40. The van der Waals surface area contributed by atoms with E-state index in [9.17, 15) is 9.90 Å². The summed E-state index contributed by atoms with van der Waals surface area (Å²) in [6.07, 6.45) is 1.99. The number of nitrogens with zero attached hydrogens (tertiary/aromatic N) is 1. The molecule has 0 spiro atoms. The monoisotopic (exact) mass is 575 g/mol. The maximum atomic E-state index is 13.6. The van der Waals surface area contributed by atoms with Crippen LogP contribution in [0, 0.1) is 33.6 Å². The van der Waals surface area contributed by atoms with Crippen molar-refractivity contribution >= 4 is 12.0 Å². The average molecular weight is 576 g/mol. The van der Waals surface area contributed by atoms with Gasteiger partial charge in [0.1, 0.15) is 6.10 Å². The number of aliphatic hydroxyl groups excluding tert-OH is 1. The third-order valence-electron chi connectivity index (χ3n) is 8.39. The van der Waals surface area contributed by atoms with Crippen LogP contribution in [0.3, 0.4) is 0 Å². The van der Waals surface area contributed by atoms with Crippen molar-refractivity contribution in [2.45, 2.75) is 72.9 Å². The number of benzene rings is 4. The number of carbonyl (C=O) groups is 1. The largest absolute Gasteiger partial charge is 0.456 e. The van der Waals surface area contributed by atoms with Crippen molar-refractivity contribution < 1.29 is 14.6 Å². The van der Waals surface area contributed by atoms with Crippen LogP contribution in [0.2, 0.25) is 0 Å². The first-order valence-electron chi connectivity index (χ1n) is 15.2. The summed E-state index contributed by atoms with van der Waals surface area (Å²) in [7, 11) is 0. The summed E-state index contributed by atoms with van der Waals surface area (Å²) < 4.78 is 6.33. The topological polar surface area (TPSA) is 49.8 Å². The van der Waals surface area contributed by atoms with E-state index in [1.165, 1.54) is 33.4 Å². The fourth-order valence-electron chi connectivity index (χ4n) is 5.60. The van der Waals surface area contributed by atoms with Gasteiger partial charge in [-0.1, -0.05) is 115 Å². The molecule has 4 aromatic rings. The van der Waals surface area contributed by atoms with Crippen LogP contribution in [0.4, 0.5) is 0 Å². The second-order valence-corrected chi connectivity index (χ2v) is 11.8. The first-order valence-corrected chi connectivity index (χ1v) is 15.2. The molecule has 0 aliphatic rings. The van der Waals surface area contributed by atoms with Gasteiger partial charge in [-0.15, -0.1) is 0 Å². The molecule has 0 aromatic heterocycles. The minimum atomic E-state index is -0.972. The molecule has 4 nitrogen and oxygen atoms in total. The molecular weight excluding hydrogens is 530 g/mol. The van der Waals surface area contributed by atoms with Crippen molar-refractivity contribution in [1.82, 2.24) is 4.90 Å². The lowest BCUT2D eigenvalue weighted by Gasteiger charge is -2.36. The van der Waals surface area contributed by atoms with Gasteiger partial charge in [0.05, 0.1) is 12.0 Å². The maximum absolute atomic E-state index is 13.6. The predicted molar refractivity (Wildman–Crippen MR) is 176 cm³/mol. The Balaban J connectivity index is 1.64. The highest BCUT2D eigenvalue weighted by Crippen LogP contribution is 2.31. The molecule has 0 aliphatic heterocycles. The Hall–Kier alpha value is -3.99. The van der Waals surface area contributed by atoms with Crippen LogP contribution in [0.15, 0.2) is 103 Å². The van der Waals surface area contributed by atoms with Crippen molar-refractivity contribution in [1.29, 1.82) is 0 Å². The van der Waals surface area contributed by atoms with Crippen molar-refractivity contribution in [3.63, 3.8) is 0 Å². The van der Waals surface area contributed by atoms with E-state index in [1.54, 1.807) is 13.0 Å². The number of rotatable bonds is 12. The molecule has 0 aliphatic carbocycles. The number of ether oxygens (including phenoxy) is 1. The minimum absolute atomic E-state index is 0.157. The Bertz CT molecular complexity index is 1490. The summed E-state index contributed by atoms with van der Waals surface area (Å²) in [5.41, 5.74) is 9.42. The van der Waals surface area contributed by atoms with Crippen molar-refractivity contribution in [2.75, 3.05) is 0 Å². The number of esters is 1. The van der Waals surface area contributed by atoms with Gasteiger partial charge in [-0.2, -0.15) is 0 Å². The van der Waals surface area contributed by atoms with Gasteiger partial charge in [0, 0.05) is 19.1 Å². The maximum Gasteiger partial charge on any atom is 0.312 e. The first-order chi connectivity index (χ1) is 20.6. The van der Waals surface area contributed by atoms with Crippen molar-refractivity contribution in [3.8, 4) is 0 Å². The lowest BCUT2D eigenvalue weighted by atomic mass is 9.96. The summed E-state index contributed by atoms with van der Waals surface area (Å²) in [5.74, 6) is -1.16. The SMILES string of the molecule is Cc1cc(C)c(CN(Cc2ccccc2C)[C@@H](C)[C@H](OC(=O)[C@@H](C)[C@H](O)/C=C/c2ccccc2)c2ccccc2)c(C)c1. The standard InChI is InChI=1S/C39H45NO3/c1-27-23-29(3)36(30(4)24-27)26-40(25-35-20-14-13-15-28(35)2)32(6)38(34-18-11-8-12-19-34)43-39(42)31(5)37(41)22-21-33-16-9-7-10-17-33/h7-24,31-32,37-38,41H,25-26H2,1-6H3/b22-21+/t31-,32-,37+,38-/m0/s1. The zero-order chi connectivity index (χ0) is 30.9. The molecule has 224 valence electrons. The van der Waals surface area contributed by atoms with Gasteiger partial charge in [0.2, 0.25) is 0 Å². The highest BCUT2D eigenvalue weighted by Gasteiger charge is 2.32. The summed E-state index contributed by atoms with van der Waals surface area (Å²) in [4.78, 5) is 16.0. The van der Waals surface area contributed by atoms with E-state index in [-0.39, 0.29) is 6.04 Å². The van der Waals surface area contributed by atoms with Gasteiger partial charge in [-0.05, 0) is 80.5 Å². The molecule has 0 saturated heterocycles. The Morgan fingerprint density at radius 3 is 2.00 bits per heavy atom. The third kappa shape index (κ3) is 8.53. The first kappa shape index (κ1) is 31.9. The van der Waals surface area contributed by atoms with Gasteiger partial charge in [-0.25, -0.2) is 0 Å². The number of hydrogen-bond donors (Lipinski definition) is 1. The van der Waals surface area contributed by atoms with Crippen LogP contribution in [0.5, 0.6) is 0 Å².